The second kappa shape index (κ2) is 4.77. The molecule has 82 valence electrons. The van der Waals surface area contributed by atoms with Crippen molar-refractivity contribution < 1.29 is 0 Å². The quantitative estimate of drug-likeness (QED) is 0.770. The van der Waals surface area contributed by atoms with Crippen molar-refractivity contribution in [2.45, 2.75) is 25.8 Å². The van der Waals surface area contributed by atoms with Gasteiger partial charge in [0.15, 0.2) is 0 Å². The highest BCUT2D eigenvalue weighted by Gasteiger charge is 2.31. The Morgan fingerprint density at radius 1 is 1.33 bits per heavy atom. The third-order valence-electron chi connectivity index (χ3n) is 3.04. The minimum absolute atomic E-state index is 0.522. The Balaban J connectivity index is 2.06. The fraction of sp³-hybridized carbons (Fsp3) is 0.538. The molecule has 1 saturated carbocycles. The van der Waals surface area contributed by atoms with E-state index in [1.807, 2.05) is 0 Å². The van der Waals surface area contributed by atoms with E-state index in [4.69, 9.17) is 5.73 Å². The molecule has 1 unspecified atom stereocenters. The van der Waals surface area contributed by atoms with Gasteiger partial charge in [-0.1, -0.05) is 29.8 Å². The number of aryl methyl sites for hydroxylation is 1. The molecule has 1 fully saturated rings. The van der Waals surface area contributed by atoms with Gasteiger partial charge in [-0.3, -0.25) is 0 Å². The van der Waals surface area contributed by atoms with E-state index in [-0.39, 0.29) is 0 Å². The van der Waals surface area contributed by atoms with Gasteiger partial charge in [-0.15, -0.1) is 0 Å². The topological polar surface area (TPSA) is 38.0 Å². The summed E-state index contributed by atoms with van der Waals surface area (Å²) in [4.78, 5) is 0. The molecule has 0 bridgehead atoms. The lowest BCUT2D eigenvalue weighted by Crippen LogP contribution is -2.28. The van der Waals surface area contributed by atoms with Crippen LogP contribution in [0, 0.1) is 12.8 Å². The van der Waals surface area contributed by atoms with Crippen LogP contribution in [0.4, 0.5) is 0 Å². The van der Waals surface area contributed by atoms with Crippen molar-refractivity contribution in [2.75, 3.05) is 13.1 Å². The summed E-state index contributed by atoms with van der Waals surface area (Å²) in [6.07, 6.45) is 2.71. The lowest BCUT2D eigenvalue weighted by atomic mass is 10.0. The summed E-state index contributed by atoms with van der Waals surface area (Å²) in [6.45, 7) is 3.76. The third-order valence-corrected chi connectivity index (χ3v) is 3.04. The lowest BCUT2D eigenvalue weighted by molar-refractivity contribution is 0.488. The van der Waals surface area contributed by atoms with Gasteiger partial charge >= 0.3 is 0 Å². The Kier molecular flexibility index (Phi) is 3.39. The molecule has 0 heterocycles. The van der Waals surface area contributed by atoms with Crippen LogP contribution in [0.15, 0.2) is 24.3 Å². The molecule has 1 aliphatic carbocycles. The molecule has 2 nitrogen and oxygen atoms in total. The van der Waals surface area contributed by atoms with Crippen LogP contribution < -0.4 is 11.1 Å². The van der Waals surface area contributed by atoms with Crippen LogP contribution in [0.3, 0.4) is 0 Å². The molecule has 2 heteroatoms. The molecular weight excluding hydrogens is 184 g/mol. The zero-order valence-corrected chi connectivity index (χ0v) is 9.37. The second-order valence-corrected chi connectivity index (χ2v) is 4.47. The number of nitrogens with two attached hydrogens (primary N) is 1. The normalized spacial score (nSPS) is 17.7. The van der Waals surface area contributed by atoms with E-state index in [2.05, 4.69) is 36.5 Å². The van der Waals surface area contributed by atoms with E-state index in [0.29, 0.717) is 6.04 Å². The van der Waals surface area contributed by atoms with Crippen molar-refractivity contribution in [1.82, 2.24) is 5.32 Å². The first-order chi connectivity index (χ1) is 7.31. The van der Waals surface area contributed by atoms with Gasteiger partial charge < -0.3 is 11.1 Å². The van der Waals surface area contributed by atoms with Crippen molar-refractivity contribution in [3.63, 3.8) is 0 Å². The Morgan fingerprint density at radius 2 is 2.00 bits per heavy atom. The molecule has 1 atom stereocenters. The summed E-state index contributed by atoms with van der Waals surface area (Å²) < 4.78 is 0. The second-order valence-electron chi connectivity index (χ2n) is 4.47. The van der Waals surface area contributed by atoms with Crippen molar-refractivity contribution >= 4 is 0 Å². The molecule has 0 saturated heterocycles. The monoisotopic (exact) mass is 204 g/mol. The molecule has 0 aromatic heterocycles. The zero-order chi connectivity index (χ0) is 10.7. The van der Waals surface area contributed by atoms with Gasteiger partial charge in [0.1, 0.15) is 0 Å². The van der Waals surface area contributed by atoms with Crippen molar-refractivity contribution in [1.29, 1.82) is 0 Å². The molecule has 0 spiro atoms. The van der Waals surface area contributed by atoms with E-state index >= 15 is 0 Å². The Labute approximate surface area is 91.9 Å². The van der Waals surface area contributed by atoms with Gasteiger partial charge in [0.05, 0.1) is 0 Å². The van der Waals surface area contributed by atoms with Gasteiger partial charge in [0.25, 0.3) is 0 Å². The molecule has 1 aromatic carbocycles. The summed E-state index contributed by atoms with van der Waals surface area (Å²) in [6, 6.07) is 9.38. The Hall–Kier alpha value is -0.860. The summed E-state index contributed by atoms with van der Waals surface area (Å²) in [5.74, 6) is 0.833. The number of hydrogen-bond donors (Lipinski definition) is 2. The van der Waals surface area contributed by atoms with Crippen LogP contribution in [0.5, 0.6) is 0 Å². The van der Waals surface area contributed by atoms with Gasteiger partial charge in [0.2, 0.25) is 0 Å². The maximum absolute atomic E-state index is 5.54. The Morgan fingerprint density at radius 3 is 2.53 bits per heavy atom. The molecule has 1 aromatic rings. The number of hydrogen-bond acceptors (Lipinski definition) is 2. The number of benzene rings is 1. The average Bonchev–Trinajstić information content (AvgIpc) is 3.05. The van der Waals surface area contributed by atoms with Crippen LogP contribution in [-0.4, -0.2) is 13.1 Å². The highest BCUT2D eigenvalue weighted by atomic mass is 14.9. The minimum Gasteiger partial charge on any atom is -0.329 e. The summed E-state index contributed by atoms with van der Waals surface area (Å²) in [7, 11) is 0. The van der Waals surface area contributed by atoms with Crippen molar-refractivity contribution in [2.24, 2.45) is 11.7 Å². The fourth-order valence-electron chi connectivity index (χ4n) is 2.00. The van der Waals surface area contributed by atoms with Gasteiger partial charge in [0, 0.05) is 19.1 Å². The van der Waals surface area contributed by atoms with E-state index in [9.17, 15) is 0 Å². The van der Waals surface area contributed by atoms with Gasteiger partial charge in [-0.05, 0) is 31.2 Å². The van der Waals surface area contributed by atoms with Crippen molar-refractivity contribution in [3.05, 3.63) is 35.4 Å². The van der Waals surface area contributed by atoms with Crippen LogP contribution in [0.1, 0.15) is 30.0 Å². The molecule has 15 heavy (non-hydrogen) atoms. The molecule has 0 radical (unpaired) electrons. The van der Waals surface area contributed by atoms with Crippen LogP contribution in [0.25, 0.3) is 0 Å². The molecule has 3 N–H and O–H groups in total. The molecule has 1 aliphatic rings. The van der Waals surface area contributed by atoms with Crippen molar-refractivity contribution in [3.8, 4) is 0 Å². The zero-order valence-electron chi connectivity index (χ0n) is 9.37. The predicted molar refractivity (Wildman–Crippen MR) is 63.7 cm³/mol. The maximum atomic E-state index is 5.54. The van der Waals surface area contributed by atoms with E-state index < -0.39 is 0 Å². The number of nitrogens with one attached hydrogen (secondary N) is 1. The smallest absolute Gasteiger partial charge is 0.0349 e. The summed E-state index contributed by atoms with van der Waals surface area (Å²) >= 11 is 0. The summed E-state index contributed by atoms with van der Waals surface area (Å²) in [5.41, 5.74) is 8.28. The van der Waals surface area contributed by atoms with Gasteiger partial charge in [-0.25, -0.2) is 0 Å². The van der Waals surface area contributed by atoms with Crippen LogP contribution >= 0.6 is 0 Å². The first-order valence-electron chi connectivity index (χ1n) is 5.81. The SMILES string of the molecule is Cc1ccc(C(NCCN)C2CC2)cc1. The highest BCUT2D eigenvalue weighted by Crippen LogP contribution is 2.40. The predicted octanol–water partition coefficient (Wildman–Crippen LogP) is 1.99. The molecule has 0 amide bonds. The highest BCUT2D eigenvalue weighted by molar-refractivity contribution is 5.25. The number of rotatable bonds is 5. The van der Waals surface area contributed by atoms with Crippen LogP contribution in [-0.2, 0) is 0 Å². The lowest BCUT2D eigenvalue weighted by Gasteiger charge is -2.18. The van der Waals surface area contributed by atoms with Gasteiger partial charge in [-0.2, -0.15) is 0 Å². The molecule has 2 rings (SSSR count). The Bertz CT molecular complexity index is 301. The summed E-state index contributed by atoms with van der Waals surface area (Å²) in [5, 5.41) is 3.54. The fourth-order valence-corrected chi connectivity index (χ4v) is 2.00. The third kappa shape index (κ3) is 2.80. The maximum Gasteiger partial charge on any atom is 0.0349 e. The molecule has 0 aliphatic heterocycles. The standard InChI is InChI=1S/C13H20N2/c1-10-2-4-11(5-3-10)13(12-6-7-12)15-9-8-14/h2-5,12-13,15H,6-9,14H2,1H3. The largest absolute Gasteiger partial charge is 0.329 e. The molecular formula is C13H20N2. The van der Waals surface area contributed by atoms with Crippen LogP contribution in [0.2, 0.25) is 0 Å². The first kappa shape index (κ1) is 10.7. The average molecular weight is 204 g/mol. The van der Waals surface area contributed by atoms with E-state index in [1.54, 1.807) is 0 Å². The first-order valence-corrected chi connectivity index (χ1v) is 5.81. The van der Waals surface area contributed by atoms with E-state index in [1.165, 1.54) is 24.0 Å². The van der Waals surface area contributed by atoms with E-state index in [0.717, 1.165) is 19.0 Å². The minimum atomic E-state index is 0.522.